The molecule has 3 aliphatic rings. The van der Waals surface area contributed by atoms with Crippen LogP contribution in [0.5, 0.6) is 0 Å². The predicted molar refractivity (Wildman–Crippen MR) is 111 cm³/mol. The highest BCUT2D eigenvalue weighted by atomic mass is 19.4. The Morgan fingerprint density at radius 3 is 2.23 bits per heavy atom. The molecule has 4 rings (SSSR count). The lowest BCUT2D eigenvalue weighted by molar-refractivity contribution is -0.381. The highest BCUT2D eigenvalue weighted by Gasteiger charge is 2.37. The molecule has 2 nitrogen and oxygen atoms in total. The van der Waals surface area contributed by atoms with Crippen molar-refractivity contribution in [3.8, 4) is 0 Å². The van der Waals surface area contributed by atoms with Crippen LogP contribution in [0.1, 0.15) is 93.7 Å². The van der Waals surface area contributed by atoms with Gasteiger partial charge in [0.2, 0.25) is 0 Å². The van der Waals surface area contributed by atoms with Crippen LogP contribution < -0.4 is 0 Å². The SMILES string of the molecule is CCCC1CCC(C2CCC(c3cc(F)c4c(c3)COC(OC(F)(F)F)C4)CC2)CC1. The smallest absolute Gasteiger partial charge is 0.347 e. The van der Waals surface area contributed by atoms with Gasteiger partial charge < -0.3 is 4.74 Å². The van der Waals surface area contributed by atoms with Gasteiger partial charge in [-0.25, -0.2) is 4.39 Å². The molecule has 174 valence electrons. The second kappa shape index (κ2) is 9.78. The minimum atomic E-state index is -4.79. The summed E-state index contributed by atoms with van der Waals surface area (Å²) in [4.78, 5) is 0. The Morgan fingerprint density at radius 2 is 1.61 bits per heavy atom. The molecular weight excluding hydrogens is 408 g/mol. The Bertz CT molecular complexity index is 732. The van der Waals surface area contributed by atoms with Crippen molar-refractivity contribution in [2.24, 2.45) is 17.8 Å². The summed E-state index contributed by atoms with van der Waals surface area (Å²) >= 11 is 0. The Kier molecular flexibility index (Phi) is 7.27. The third-order valence-corrected chi connectivity index (χ3v) is 7.87. The van der Waals surface area contributed by atoms with E-state index < -0.39 is 18.5 Å². The van der Waals surface area contributed by atoms with E-state index in [1.54, 1.807) is 0 Å². The van der Waals surface area contributed by atoms with Crippen molar-refractivity contribution in [2.45, 2.75) is 103 Å². The molecule has 1 aliphatic heterocycles. The van der Waals surface area contributed by atoms with Crippen molar-refractivity contribution < 1.29 is 27.0 Å². The monoisotopic (exact) mass is 442 g/mol. The van der Waals surface area contributed by atoms with Gasteiger partial charge in [0.25, 0.3) is 0 Å². The third kappa shape index (κ3) is 5.81. The molecule has 0 N–H and O–H groups in total. The molecule has 6 heteroatoms. The Labute approximate surface area is 182 Å². The van der Waals surface area contributed by atoms with Crippen LogP contribution in [0, 0.1) is 23.6 Å². The number of rotatable bonds is 5. The van der Waals surface area contributed by atoms with Gasteiger partial charge in [-0.15, -0.1) is 13.2 Å². The number of alkyl halides is 3. The molecule has 1 atom stereocenters. The molecule has 2 saturated carbocycles. The van der Waals surface area contributed by atoms with Crippen LogP contribution in [0.4, 0.5) is 17.6 Å². The Morgan fingerprint density at radius 1 is 0.968 bits per heavy atom. The Balaban J connectivity index is 1.33. The van der Waals surface area contributed by atoms with Crippen molar-refractivity contribution in [2.75, 3.05) is 0 Å². The van der Waals surface area contributed by atoms with Crippen molar-refractivity contribution >= 4 is 0 Å². The van der Waals surface area contributed by atoms with E-state index in [1.165, 1.54) is 57.4 Å². The van der Waals surface area contributed by atoms with Gasteiger partial charge in [0.1, 0.15) is 5.82 Å². The first-order valence-electron chi connectivity index (χ1n) is 12.0. The molecule has 2 fully saturated rings. The summed E-state index contributed by atoms with van der Waals surface area (Å²) in [5.74, 6) is 2.48. The lowest BCUT2D eigenvalue weighted by atomic mass is 9.68. The van der Waals surface area contributed by atoms with E-state index in [-0.39, 0.29) is 13.0 Å². The topological polar surface area (TPSA) is 18.5 Å². The molecule has 0 aromatic heterocycles. The number of benzene rings is 1. The van der Waals surface area contributed by atoms with Crippen LogP contribution >= 0.6 is 0 Å². The van der Waals surface area contributed by atoms with Crippen LogP contribution in [0.2, 0.25) is 0 Å². The van der Waals surface area contributed by atoms with Gasteiger partial charge in [-0.05, 0) is 85.0 Å². The van der Waals surface area contributed by atoms with Gasteiger partial charge in [-0.1, -0.05) is 38.7 Å². The summed E-state index contributed by atoms with van der Waals surface area (Å²) in [6.45, 7) is 2.23. The van der Waals surface area contributed by atoms with Crippen molar-refractivity contribution in [3.05, 3.63) is 34.6 Å². The summed E-state index contributed by atoms with van der Waals surface area (Å²) < 4.78 is 61.2. The maximum Gasteiger partial charge on any atom is 0.524 e. The van der Waals surface area contributed by atoms with E-state index in [0.29, 0.717) is 17.0 Å². The van der Waals surface area contributed by atoms with Gasteiger partial charge in [0.05, 0.1) is 6.61 Å². The largest absolute Gasteiger partial charge is 0.524 e. The Hall–Kier alpha value is -1.14. The third-order valence-electron chi connectivity index (χ3n) is 7.87. The lowest BCUT2D eigenvalue weighted by Gasteiger charge is -2.38. The van der Waals surface area contributed by atoms with Crippen LogP contribution in [0.3, 0.4) is 0 Å². The normalized spacial score (nSPS) is 32.0. The van der Waals surface area contributed by atoms with Crippen LogP contribution in [-0.4, -0.2) is 12.7 Å². The molecule has 1 aromatic rings. The first-order valence-corrected chi connectivity index (χ1v) is 12.0. The van der Waals surface area contributed by atoms with Crippen LogP contribution in [-0.2, 0) is 22.5 Å². The second-order valence-corrected chi connectivity index (χ2v) is 9.83. The number of fused-ring (bicyclic) bond motifs is 1. The average Bonchev–Trinajstić information content (AvgIpc) is 2.74. The van der Waals surface area contributed by atoms with Gasteiger partial charge in [0.15, 0.2) is 6.29 Å². The molecule has 1 unspecified atom stereocenters. The van der Waals surface area contributed by atoms with Gasteiger partial charge in [0, 0.05) is 6.42 Å². The van der Waals surface area contributed by atoms with E-state index in [2.05, 4.69) is 11.7 Å². The van der Waals surface area contributed by atoms with E-state index in [1.807, 2.05) is 6.07 Å². The summed E-state index contributed by atoms with van der Waals surface area (Å²) in [7, 11) is 0. The summed E-state index contributed by atoms with van der Waals surface area (Å²) in [5, 5.41) is 0. The molecule has 1 aromatic carbocycles. The number of halogens is 4. The fraction of sp³-hybridized carbons (Fsp3) is 0.760. The standard InChI is InChI=1S/C25H34F4O2/c1-2-3-16-4-6-17(7-5-16)18-8-10-19(11-9-18)20-12-21-15-30-24(31-25(27,28)29)14-22(21)23(26)13-20/h12-13,16-19,24H,2-11,14-15H2,1H3. The highest BCUT2D eigenvalue weighted by molar-refractivity contribution is 5.36. The van der Waals surface area contributed by atoms with Gasteiger partial charge in [-0.2, -0.15) is 0 Å². The molecule has 0 saturated heterocycles. The second-order valence-electron chi connectivity index (χ2n) is 9.83. The summed E-state index contributed by atoms with van der Waals surface area (Å²) in [5.41, 5.74) is 1.93. The van der Waals surface area contributed by atoms with E-state index >= 15 is 0 Å². The minimum absolute atomic E-state index is 0.0445. The minimum Gasteiger partial charge on any atom is -0.347 e. The van der Waals surface area contributed by atoms with Crippen LogP contribution in [0.25, 0.3) is 0 Å². The zero-order valence-corrected chi connectivity index (χ0v) is 18.4. The average molecular weight is 443 g/mol. The highest BCUT2D eigenvalue weighted by Crippen LogP contribution is 2.45. The molecule has 1 heterocycles. The summed E-state index contributed by atoms with van der Waals surface area (Å²) in [6, 6.07) is 3.49. The molecule has 31 heavy (non-hydrogen) atoms. The molecule has 0 bridgehead atoms. The van der Waals surface area contributed by atoms with E-state index in [4.69, 9.17) is 4.74 Å². The quantitative estimate of drug-likeness (QED) is 0.436. The maximum atomic E-state index is 14.8. The molecule has 0 spiro atoms. The number of hydrogen-bond acceptors (Lipinski definition) is 2. The van der Waals surface area contributed by atoms with Gasteiger partial charge in [-0.3, -0.25) is 4.74 Å². The number of ether oxygens (including phenoxy) is 2. The zero-order valence-electron chi connectivity index (χ0n) is 18.4. The van der Waals surface area contributed by atoms with Crippen molar-refractivity contribution in [3.63, 3.8) is 0 Å². The first-order chi connectivity index (χ1) is 14.8. The first kappa shape index (κ1) is 23.0. The predicted octanol–water partition coefficient (Wildman–Crippen LogP) is 7.64. The van der Waals surface area contributed by atoms with Crippen LogP contribution in [0.15, 0.2) is 12.1 Å². The summed E-state index contributed by atoms with van der Waals surface area (Å²) in [6.07, 6.45) is 6.22. The molecule has 0 amide bonds. The molecule has 0 radical (unpaired) electrons. The number of hydrogen-bond donors (Lipinski definition) is 0. The fourth-order valence-electron chi connectivity index (χ4n) is 6.22. The lowest BCUT2D eigenvalue weighted by Crippen LogP contribution is -2.32. The maximum absolute atomic E-state index is 14.8. The van der Waals surface area contributed by atoms with Gasteiger partial charge >= 0.3 is 6.36 Å². The molecule has 2 aliphatic carbocycles. The fourth-order valence-corrected chi connectivity index (χ4v) is 6.22. The van der Waals surface area contributed by atoms with E-state index in [0.717, 1.165) is 36.2 Å². The van der Waals surface area contributed by atoms with Crippen molar-refractivity contribution in [1.29, 1.82) is 0 Å². The zero-order chi connectivity index (χ0) is 22.0. The van der Waals surface area contributed by atoms with Crippen molar-refractivity contribution in [1.82, 2.24) is 0 Å². The van der Waals surface area contributed by atoms with E-state index in [9.17, 15) is 17.6 Å². The molecular formula is C25H34F4O2.